The zero-order chi connectivity index (χ0) is 14.9. The van der Waals surface area contributed by atoms with Crippen LogP contribution >= 0.6 is 35.8 Å². The molecule has 2 rings (SSSR count). The Morgan fingerprint density at radius 2 is 1.95 bits per heavy atom. The average molecular weight is 330 g/mol. The van der Waals surface area contributed by atoms with Crippen molar-refractivity contribution in [1.29, 1.82) is 0 Å². The normalized spacial score (nSPS) is 10.4. The number of halogens is 3. The van der Waals surface area contributed by atoms with Crippen molar-refractivity contribution in [1.82, 2.24) is 0 Å². The van der Waals surface area contributed by atoms with E-state index in [9.17, 15) is 9.18 Å². The van der Waals surface area contributed by atoms with Gasteiger partial charge in [0.1, 0.15) is 5.82 Å². The summed E-state index contributed by atoms with van der Waals surface area (Å²) in [5.74, 6) is -1.27. The summed E-state index contributed by atoms with van der Waals surface area (Å²) in [5, 5.41) is 3.14. The second-order valence-electron chi connectivity index (χ2n) is 4.17. The van der Waals surface area contributed by atoms with Gasteiger partial charge in [0.2, 0.25) is 0 Å². The quantitative estimate of drug-likeness (QED) is 0.747. The van der Waals surface area contributed by atoms with Gasteiger partial charge in [-0.1, -0.05) is 29.3 Å². The largest absolute Gasteiger partial charge is 0.319 e. The topological polar surface area (TPSA) is 29.1 Å². The summed E-state index contributed by atoms with van der Waals surface area (Å²) >= 11 is 16.2. The van der Waals surface area contributed by atoms with E-state index < -0.39 is 11.7 Å². The van der Waals surface area contributed by atoms with Gasteiger partial charge in [-0.3, -0.25) is 4.79 Å². The minimum atomic E-state index is -0.639. The number of carbonyl (C=O) groups excluding carboxylic acids is 1. The molecule has 0 fully saturated rings. The highest BCUT2D eigenvalue weighted by atomic mass is 35.5. The molecule has 0 saturated heterocycles. The molecule has 2 nitrogen and oxygen atoms in total. The zero-order valence-electron chi connectivity index (χ0n) is 10.4. The van der Waals surface area contributed by atoms with Crippen LogP contribution in [0.3, 0.4) is 0 Å². The van der Waals surface area contributed by atoms with E-state index in [0.717, 1.165) is 5.56 Å². The molecule has 104 valence electrons. The second-order valence-corrected chi connectivity index (χ2v) is 5.47. The van der Waals surface area contributed by atoms with Crippen molar-refractivity contribution in [2.45, 2.75) is 11.8 Å². The third-order valence-corrected chi connectivity index (χ3v) is 3.80. The number of carbonyl (C=O) groups is 1. The van der Waals surface area contributed by atoms with Crippen LogP contribution in [-0.4, -0.2) is 5.91 Å². The SMILES string of the molecule is Cc1ccc(Cl)c(NC(=O)c2cc(S)ccc2F)c1Cl. The molecule has 6 heteroatoms. The van der Waals surface area contributed by atoms with Crippen LogP contribution in [0, 0.1) is 12.7 Å². The minimum absolute atomic E-state index is 0.119. The third-order valence-electron chi connectivity index (χ3n) is 2.72. The van der Waals surface area contributed by atoms with Crippen LogP contribution < -0.4 is 5.32 Å². The first kappa shape index (κ1) is 15.2. The Hall–Kier alpha value is -1.23. The van der Waals surface area contributed by atoms with Crippen molar-refractivity contribution in [3.05, 3.63) is 57.3 Å². The van der Waals surface area contributed by atoms with Gasteiger partial charge in [-0.05, 0) is 36.8 Å². The standard InChI is InChI=1S/C14H10Cl2FNOS/c1-7-2-4-10(15)13(12(7)16)18-14(19)9-6-8(20)3-5-11(9)17/h2-6,20H,1H3,(H,18,19). The number of aryl methyl sites for hydroxylation is 1. The fourth-order valence-corrected chi connectivity index (χ4v) is 2.31. The van der Waals surface area contributed by atoms with Gasteiger partial charge in [0.25, 0.3) is 5.91 Å². The molecule has 0 bridgehead atoms. The highest BCUT2D eigenvalue weighted by Crippen LogP contribution is 2.33. The van der Waals surface area contributed by atoms with Gasteiger partial charge >= 0.3 is 0 Å². The van der Waals surface area contributed by atoms with Crippen molar-refractivity contribution in [3.8, 4) is 0 Å². The zero-order valence-corrected chi connectivity index (χ0v) is 12.8. The lowest BCUT2D eigenvalue weighted by Gasteiger charge is -2.11. The molecule has 0 aromatic heterocycles. The van der Waals surface area contributed by atoms with Crippen molar-refractivity contribution < 1.29 is 9.18 Å². The minimum Gasteiger partial charge on any atom is -0.319 e. The maximum atomic E-state index is 13.6. The summed E-state index contributed by atoms with van der Waals surface area (Å²) < 4.78 is 13.6. The fourth-order valence-electron chi connectivity index (χ4n) is 1.64. The maximum absolute atomic E-state index is 13.6. The third kappa shape index (κ3) is 3.08. The first-order valence-corrected chi connectivity index (χ1v) is 6.85. The molecule has 0 heterocycles. The summed E-state index contributed by atoms with van der Waals surface area (Å²) in [6.07, 6.45) is 0. The average Bonchev–Trinajstić information content (AvgIpc) is 2.41. The molecular weight excluding hydrogens is 320 g/mol. The molecule has 2 aromatic carbocycles. The number of rotatable bonds is 2. The Kier molecular flexibility index (Phi) is 4.58. The van der Waals surface area contributed by atoms with Crippen molar-refractivity contribution >= 4 is 47.4 Å². The van der Waals surface area contributed by atoms with Crippen molar-refractivity contribution in [3.63, 3.8) is 0 Å². The summed E-state index contributed by atoms with van der Waals surface area (Å²) in [6, 6.07) is 7.32. The van der Waals surface area contributed by atoms with Crippen LogP contribution in [0.25, 0.3) is 0 Å². The van der Waals surface area contributed by atoms with Crippen LogP contribution in [-0.2, 0) is 0 Å². The molecule has 0 spiro atoms. The van der Waals surface area contributed by atoms with Crippen LogP contribution in [0.5, 0.6) is 0 Å². The van der Waals surface area contributed by atoms with E-state index in [-0.39, 0.29) is 16.3 Å². The Labute approximate surface area is 131 Å². The van der Waals surface area contributed by atoms with Gasteiger partial charge in [-0.25, -0.2) is 4.39 Å². The second kappa shape index (κ2) is 6.04. The van der Waals surface area contributed by atoms with E-state index in [1.54, 1.807) is 19.1 Å². The summed E-state index contributed by atoms with van der Waals surface area (Å²) in [4.78, 5) is 12.6. The predicted octanol–water partition coefficient (Wildman–Crippen LogP) is 4.98. The lowest BCUT2D eigenvalue weighted by atomic mass is 10.1. The number of thiol groups is 1. The summed E-state index contributed by atoms with van der Waals surface area (Å²) in [6.45, 7) is 1.78. The molecular formula is C14H10Cl2FNOS. The molecule has 0 aliphatic heterocycles. The Morgan fingerprint density at radius 3 is 2.65 bits per heavy atom. The molecule has 20 heavy (non-hydrogen) atoms. The summed E-state index contributed by atoms with van der Waals surface area (Å²) in [5.41, 5.74) is 0.906. The van der Waals surface area contributed by atoms with Gasteiger partial charge in [-0.2, -0.15) is 0 Å². The number of benzene rings is 2. The fraction of sp³-hybridized carbons (Fsp3) is 0.0714. The highest BCUT2D eigenvalue weighted by Gasteiger charge is 2.16. The Morgan fingerprint density at radius 1 is 1.25 bits per heavy atom. The first-order chi connectivity index (χ1) is 9.40. The van der Waals surface area contributed by atoms with E-state index >= 15 is 0 Å². The number of anilines is 1. The molecule has 1 N–H and O–H groups in total. The van der Waals surface area contributed by atoms with E-state index in [4.69, 9.17) is 23.2 Å². The number of hydrogen-bond acceptors (Lipinski definition) is 2. The number of amides is 1. The van der Waals surface area contributed by atoms with E-state index in [2.05, 4.69) is 17.9 Å². The Bertz CT molecular complexity index is 691. The maximum Gasteiger partial charge on any atom is 0.258 e. The van der Waals surface area contributed by atoms with Gasteiger partial charge < -0.3 is 5.32 Å². The molecule has 1 amide bonds. The van der Waals surface area contributed by atoms with E-state index in [1.807, 2.05) is 0 Å². The van der Waals surface area contributed by atoms with Crippen LogP contribution in [0.1, 0.15) is 15.9 Å². The van der Waals surface area contributed by atoms with Crippen LogP contribution in [0.2, 0.25) is 10.0 Å². The van der Waals surface area contributed by atoms with Crippen molar-refractivity contribution in [2.75, 3.05) is 5.32 Å². The molecule has 0 aliphatic carbocycles. The van der Waals surface area contributed by atoms with Gasteiger partial charge in [-0.15, -0.1) is 12.6 Å². The van der Waals surface area contributed by atoms with Gasteiger partial charge in [0.05, 0.1) is 21.3 Å². The molecule has 0 atom stereocenters. The van der Waals surface area contributed by atoms with E-state index in [0.29, 0.717) is 9.92 Å². The molecule has 0 unspecified atom stereocenters. The molecule has 0 aliphatic rings. The monoisotopic (exact) mass is 329 g/mol. The molecule has 0 saturated carbocycles. The first-order valence-electron chi connectivity index (χ1n) is 5.64. The smallest absolute Gasteiger partial charge is 0.258 e. The van der Waals surface area contributed by atoms with Crippen LogP contribution in [0.15, 0.2) is 35.2 Å². The lowest BCUT2D eigenvalue weighted by molar-refractivity contribution is 0.102. The number of hydrogen-bond donors (Lipinski definition) is 2. The Balaban J connectivity index is 2.38. The highest BCUT2D eigenvalue weighted by molar-refractivity contribution is 7.80. The van der Waals surface area contributed by atoms with Crippen molar-refractivity contribution in [2.24, 2.45) is 0 Å². The van der Waals surface area contributed by atoms with E-state index in [1.165, 1.54) is 18.2 Å². The van der Waals surface area contributed by atoms with Crippen LogP contribution in [0.4, 0.5) is 10.1 Å². The molecule has 0 radical (unpaired) electrons. The van der Waals surface area contributed by atoms with Gasteiger partial charge in [0, 0.05) is 4.90 Å². The predicted molar refractivity (Wildman–Crippen MR) is 82.8 cm³/mol. The number of nitrogens with one attached hydrogen (secondary N) is 1. The summed E-state index contributed by atoms with van der Waals surface area (Å²) in [7, 11) is 0. The lowest BCUT2D eigenvalue weighted by Crippen LogP contribution is -2.14. The molecule has 2 aromatic rings. The van der Waals surface area contributed by atoms with Gasteiger partial charge in [0.15, 0.2) is 0 Å².